The predicted molar refractivity (Wildman–Crippen MR) is 223 cm³/mol. The molecule has 9 aromatic rings. The Labute approximate surface area is 316 Å². The highest BCUT2D eigenvalue weighted by atomic mass is 15.0. The van der Waals surface area contributed by atoms with Gasteiger partial charge in [-0.15, -0.1) is 0 Å². The molecule has 1 heterocycles. The average Bonchev–Trinajstić information content (AvgIpc) is 3.27. The molecule has 0 saturated carbocycles. The van der Waals surface area contributed by atoms with Gasteiger partial charge in [0.1, 0.15) is 0 Å². The molecule has 0 radical (unpaired) electrons. The van der Waals surface area contributed by atoms with Crippen molar-refractivity contribution in [1.82, 2.24) is 15.0 Å². The van der Waals surface area contributed by atoms with Crippen LogP contribution in [0.5, 0.6) is 0 Å². The second-order valence-electron chi connectivity index (χ2n) is 13.3. The lowest BCUT2D eigenvalue weighted by atomic mass is 9.95. The molecule has 0 bridgehead atoms. The van der Waals surface area contributed by atoms with Gasteiger partial charge >= 0.3 is 0 Å². The van der Waals surface area contributed by atoms with E-state index in [1.165, 1.54) is 16.7 Å². The summed E-state index contributed by atoms with van der Waals surface area (Å²) in [6, 6.07) is 74.2. The van der Waals surface area contributed by atoms with Crippen LogP contribution in [0.15, 0.2) is 212 Å². The topological polar surface area (TPSA) is 38.7 Å². The molecule has 0 atom stereocenters. The Bertz CT molecular complexity index is 2630. The summed E-state index contributed by atoms with van der Waals surface area (Å²) in [6.07, 6.45) is 0. The lowest BCUT2D eigenvalue weighted by Gasteiger charge is -2.13. The summed E-state index contributed by atoms with van der Waals surface area (Å²) in [6.45, 7) is 0. The van der Waals surface area contributed by atoms with E-state index in [2.05, 4.69) is 170 Å². The summed E-state index contributed by atoms with van der Waals surface area (Å²) in [5, 5.41) is 0. The molecule has 0 saturated heterocycles. The van der Waals surface area contributed by atoms with Crippen molar-refractivity contribution in [2.75, 3.05) is 0 Å². The van der Waals surface area contributed by atoms with Crippen LogP contribution < -0.4 is 0 Å². The van der Waals surface area contributed by atoms with E-state index >= 15 is 0 Å². The van der Waals surface area contributed by atoms with E-state index in [4.69, 9.17) is 15.0 Å². The van der Waals surface area contributed by atoms with Gasteiger partial charge in [-0.3, -0.25) is 0 Å². The molecule has 0 N–H and O–H groups in total. The highest BCUT2D eigenvalue weighted by molar-refractivity contribution is 5.82. The minimum absolute atomic E-state index is 0.624. The van der Waals surface area contributed by atoms with Crippen LogP contribution in [-0.4, -0.2) is 15.0 Å². The van der Waals surface area contributed by atoms with Gasteiger partial charge < -0.3 is 0 Å². The first-order valence-electron chi connectivity index (χ1n) is 18.2. The Kier molecular flexibility index (Phi) is 8.94. The van der Waals surface area contributed by atoms with Gasteiger partial charge in [0.15, 0.2) is 17.5 Å². The van der Waals surface area contributed by atoms with E-state index in [0.29, 0.717) is 17.5 Å². The van der Waals surface area contributed by atoms with Gasteiger partial charge in [-0.1, -0.05) is 176 Å². The summed E-state index contributed by atoms with van der Waals surface area (Å²) >= 11 is 0. The number of nitrogens with zero attached hydrogens (tertiary/aromatic N) is 3. The molecule has 0 aliphatic heterocycles. The first-order chi connectivity index (χ1) is 26.7. The lowest BCUT2D eigenvalue weighted by Crippen LogP contribution is -2.00. The molecule has 0 aliphatic carbocycles. The molecule has 54 heavy (non-hydrogen) atoms. The molecular formula is C51H35N3. The van der Waals surface area contributed by atoms with Crippen molar-refractivity contribution in [1.29, 1.82) is 0 Å². The minimum Gasteiger partial charge on any atom is -0.208 e. The fourth-order valence-electron chi connectivity index (χ4n) is 6.93. The Morgan fingerprint density at radius 2 is 0.407 bits per heavy atom. The van der Waals surface area contributed by atoms with Crippen LogP contribution in [0.25, 0.3) is 89.8 Å². The predicted octanol–water partition coefficient (Wildman–Crippen LogP) is 13.2. The number of hydrogen-bond donors (Lipinski definition) is 0. The third kappa shape index (κ3) is 6.99. The molecular weight excluding hydrogens is 655 g/mol. The summed E-state index contributed by atoms with van der Waals surface area (Å²) in [5.74, 6) is 1.88. The van der Waals surface area contributed by atoms with Crippen LogP contribution >= 0.6 is 0 Å². The van der Waals surface area contributed by atoms with E-state index in [9.17, 15) is 0 Å². The second kappa shape index (κ2) is 14.8. The van der Waals surface area contributed by atoms with Crippen molar-refractivity contribution < 1.29 is 0 Å². The Balaban J connectivity index is 1.14. The van der Waals surface area contributed by atoms with Crippen molar-refractivity contribution in [2.24, 2.45) is 0 Å². The van der Waals surface area contributed by atoms with Crippen molar-refractivity contribution in [3.8, 4) is 89.8 Å². The van der Waals surface area contributed by atoms with Crippen LogP contribution in [-0.2, 0) is 0 Å². The van der Waals surface area contributed by atoms with E-state index in [1.54, 1.807) is 0 Å². The molecule has 8 aromatic carbocycles. The SMILES string of the molecule is c1ccc(-c2cccc(-c3cccc(-c4cccc(-c5nc(-c6ccccc6)nc(-c6cc(-c7ccccc7)cc(-c7ccccc7)c6)n5)c4)c3)c2)cc1. The van der Waals surface area contributed by atoms with Gasteiger partial charge in [0.05, 0.1) is 0 Å². The number of benzene rings is 8. The van der Waals surface area contributed by atoms with Crippen molar-refractivity contribution >= 4 is 0 Å². The standard InChI is InChI=1S/C51H35N3/c1-5-16-36(17-6-1)40-24-13-25-41(30-40)42-26-14-27-43(31-42)44-28-15-29-45(32-44)50-52-49(39-22-11-4-12-23-39)53-51(54-50)48-34-46(37-18-7-2-8-19-37)33-47(35-48)38-20-9-3-10-21-38/h1-35H. The average molecular weight is 690 g/mol. The van der Waals surface area contributed by atoms with E-state index in [-0.39, 0.29) is 0 Å². The second-order valence-corrected chi connectivity index (χ2v) is 13.3. The monoisotopic (exact) mass is 689 g/mol. The normalized spacial score (nSPS) is 11.0. The quantitative estimate of drug-likeness (QED) is 0.159. The third-order valence-electron chi connectivity index (χ3n) is 9.69. The highest BCUT2D eigenvalue weighted by Crippen LogP contribution is 2.35. The fraction of sp³-hybridized carbons (Fsp3) is 0. The van der Waals surface area contributed by atoms with Gasteiger partial charge in [0.25, 0.3) is 0 Å². The van der Waals surface area contributed by atoms with Crippen LogP contribution in [0.2, 0.25) is 0 Å². The molecule has 0 unspecified atom stereocenters. The lowest BCUT2D eigenvalue weighted by molar-refractivity contribution is 1.07. The molecule has 3 nitrogen and oxygen atoms in total. The van der Waals surface area contributed by atoms with Crippen molar-refractivity contribution in [2.45, 2.75) is 0 Å². The van der Waals surface area contributed by atoms with Crippen LogP contribution in [0.3, 0.4) is 0 Å². The van der Waals surface area contributed by atoms with Gasteiger partial charge in [-0.25, -0.2) is 15.0 Å². The van der Waals surface area contributed by atoms with Crippen LogP contribution in [0, 0.1) is 0 Å². The summed E-state index contributed by atoms with van der Waals surface area (Å²) in [5.41, 5.74) is 14.2. The maximum Gasteiger partial charge on any atom is 0.164 e. The zero-order valence-corrected chi connectivity index (χ0v) is 29.5. The number of rotatable bonds is 8. The Morgan fingerprint density at radius 3 is 0.833 bits per heavy atom. The Hall–Kier alpha value is -7.23. The van der Waals surface area contributed by atoms with Gasteiger partial charge in [0, 0.05) is 16.7 Å². The third-order valence-corrected chi connectivity index (χ3v) is 9.69. The van der Waals surface area contributed by atoms with E-state index < -0.39 is 0 Å². The molecule has 0 amide bonds. The first-order valence-corrected chi connectivity index (χ1v) is 18.2. The van der Waals surface area contributed by atoms with Crippen molar-refractivity contribution in [3.63, 3.8) is 0 Å². The number of hydrogen-bond acceptors (Lipinski definition) is 3. The molecule has 0 fully saturated rings. The van der Waals surface area contributed by atoms with E-state index in [1.807, 2.05) is 42.5 Å². The molecule has 1 aromatic heterocycles. The van der Waals surface area contributed by atoms with Gasteiger partial charge in [0.2, 0.25) is 0 Å². The smallest absolute Gasteiger partial charge is 0.164 e. The molecule has 9 rings (SSSR count). The summed E-state index contributed by atoms with van der Waals surface area (Å²) < 4.78 is 0. The molecule has 254 valence electrons. The molecule has 0 aliphatic rings. The maximum absolute atomic E-state index is 5.19. The summed E-state index contributed by atoms with van der Waals surface area (Å²) in [7, 11) is 0. The Morgan fingerprint density at radius 1 is 0.167 bits per heavy atom. The summed E-state index contributed by atoms with van der Waals surface area (Å²) in [4.78, 5) is 15.4. The van der Waals surface area contributed by atoms with Crippen LogP contribution in [0.1, 0.15) is 0 Å². The minimum atomic E-state index is 0.624. The van der Waals surface area contributed by atoms with Crippen LogP contribution in [0.4, 0.5) is 0 Å². The van der Waals surface area contributed by atoms with Gasteiger partial charge in [-0.2, -0.15) is 0 Å². The van der Waals surface area contributed by atoms with Crippen molar-refractivity contribution in [3.05, 3.63) is 212 Å². The molecule has 3 heteroatoms. The van der Waals surface area contributed by atoms with Gasteiger partial charge in [-0.05, 0) is 92.0 Å². The fourth-order valence-corrected chi connectivity index (χ4v) is 6.93. The molecule has 0 spiro atoms. The zero-order chi connectivity index (χ0) is 36.1. The zero-order valence-electron chi connectivity index (χ0n) is 29.5. The first kappa shape index (κ1) is 32.7. The highest BCUT2D eigenvalue weighted by Gasteiger charge is 2.16. The largest absolute Gasteiger partial charge is 0.208 e. The maximum atomic E-state index is 5.19. The van der Waals surface area contributed by atoms with E-state index in [0.717, 1.165) is 55.6 Å². The number of aromatic nitrogens is 3.